The molecule has 0 radical (unpaired) electrons. The van der Waals surface area contributed by atoms with E-state index in [0.717, 1.165) is 11.1 Å². The van der Waals surface area contributed by atoms with Gasteiger partial charge in [-0.2, -0.15) is 21.6 Å². The standard InChI is InChI=1S/C14H15F3O3S/c15-14(16,17)21(18,19)20-13-11-5-6-12(13)8-10-4-2-1-3-9(10)7-11/h1-4,11-13H,5-8H2. The summed E-state index contributed by atoms with van der Waals surface area (Å²) in [5.41, 5.74) is -3.18. The number of hydrogen-bond donors (Lipinski definition) is 0. The van der Waals surface area contributed by atoms with Crippen LogP contribution in [0.1, 0.15) is 24.0 Å². The predicted octanol–water partition coefficient (Wildman–Crippen LogP) is 3.05. The minimum atomic E-state index is -5.53. The Balaban J connectivity index is 1.87. The molecular formula is C14H15F3O3S. The zero-order valence-corrected chi connectivity index (χ0v) is 12.0. The molecule has 0 saturated heterocycles. The second kappa shape index (κ2) is 4.98. The Bertz CT molecular complexity index is 606. The van der Waals surface area contributed by atoms with Gasteiger partial charge in [-0.25, -0.2) is 0 Å². The minimum Gasteiger partial charge on any atom is -0.259 e. The number of fused-ring (bicyclic) bond motifs is 3. The van der Waals surface area contributed by atoms with Gasteiger partial charge in [-0.1, -0.05) is 24.3 Å². The highest BCUT2D eigenvalue weighted by atomic mass is 32.2. The fourth-order valence-electron chi connectivity index (χ4n) is 3.46. The fraction of sp³-hybridized carbons (Fsp3) is 0.571. The largest absolute Gasteiger partial charge is 0.523 e. The molecule has 7 heteroatoms. The molecule has 0 spiro atoms. The van der Waals surface area contributed by atoms with Crippen molar-refractivity contribution >= 4 is 10.1 Å². The summed E-state index contributed by atoms with van der Waals surface area (Å²) in [5.74, 6) is -0.341. The molecule has 1 aromatic carbocycles. The average molecular weight is 320 g/mol. The molecule has 1 aromatic rings. The maximum atomic E-state index is 12.5. The van der Waals surface area contributed by atoms with Gasteiger partial charge >= 0.3 is 15.6 Å². The van der Waals surface area contributed by atoms with Crippen molar-refractivity contribution in [2.75, 3.05) is 0 Å². The molecule has 116 valence electrons. The summed E-state index contributed by atoms with van der Waals surface area (Å²) in [6.45, 7) is 0. The van der Waals surface area contributed by atoms with Gasteiger partial charge in [0.1, 0.15) is 0 Å². The van der Waals surface area contributed by atoms with Gasteiger partial charge in [0.15, 0.2) is 0 Å². The minimum absolute atomic E-state index is 0.171. The van der Waals surface area contributed by atoms with Crippen LogP contribution in [0.2, 0.25) is 0 Å². The Morgan fingerprint density at radius 1 is 1.00 bits per heavy atom. The molecule has 0 N–H and O–H groups in total. The highest BCUT2D eigenvalue weighted by Crippen LogP contribution is 2.43. The number of halogens is 3. The lowest BCUT2D eigenvalue weighted by Gasteiger charge is -2.22. The predicted molar refractivity (Wildman–Crippen MR) is 69.9 cm³/mol. The first kappa shape index (κ1) is 14.8. The quantitative estimate of drug-likeness (QED) is 0.621. The molecule has 1 fully saturated rings. The molecule has 21 heavy (non-hydrogen) atoms. The van der Waals surface area contributed by atoms with Gasteiger partial charge in [-0.05, 0) is 48.6 Å². The Labute approximate surface area is 121 Å². The van der Waals surface area contributed by atoms with Gasteiger partial charge in [0.25, 0.3) is 0 Å². The summed E-state index contributed by atoms with van der Waals surface area (Å²) in [6, 6.07) is 7.68. The Morgan fingerprint density at radius 2 is 1.48 bits per heavy atom. The number of alkyl halides is 3. The van der Waals surface area contributed by atoms with Crippen molar-refractivity contribution in [2.45, 2.75) is 37.3 Å². The van der Waals surface area contributed by atoms with Gasteiger partial charge in [0, 0.05) is 0 Å². The van der Waals surface area contributed by atoms with E-state index in [1.54, 1.807) is 0 Å². The van der Waals surface area contributed by atoms with Gasteiger partial charge in [-0.3, -0.25) is 4.18 Å². The zero-order chi connectivity index (χ0) is 15.3. The molecule has 0 heterocycles. The van der Waals surface area contributed by atoms with Crippen LogP contribution < -0.4 is 0 Å². The van der Waals surface area contributed by atoms with Crippen molar-refractivity contribution in [1.29, 1.82) is 0 Å². The molecule has 0 aliphatic heterocycles. The van der Waals surface area contributed by atoms with E-state index in [2.05, 4.69) is 4.18 Å². The van der Waals surface area contributed by atoms with Crippen LogP contribution in [0.15, 0.2) is 24.3 Å². The van der Waals surface area contributed by atoms with E-state index in [-0.39, 0.29) is 11.8 Å². The van der Waals surface area contributed by atoms with E-state index in [4.69, 9.17) is 0 Å². The summed E-state index contributed by atoms with van der Waals surface area (Å²) in [7, 11) is -5.53. The molecule has 2 aliphatic rings. The number of rotatable bonds is 2. The van der Waals surface area contributed by atoms with Crippen LogP contribution in [0.5, 0.6) is 0 Å². The van der Waals surface area contributed by atoms with E-state index < -0.39 is 21.7 Å². The highest BCUT2D eigenvalue weighted by molar-refractivity contribution is 7.87. The molecule has 3 rings (SSSR count). The summed E-state index contributed by atoms with van der Waals surface area (Å²) in [4.78, 5) is 0. The Hall–Kier alpha value is -1.08. The lowest BCUT2D eigenvalue weighted by molar-refractivity contribution is -0.0603. The average Bonchev–Trinajstić information content (AvgIpc) is 2.64. The molecular weight excluding hydrogens is 305 g/mol. The lowest BCUT2D eigenvalue weighted by Crippen LogP contribution is -2.35. The van der Waals surface area contributed by atoms with E-state index in [9.17, 15) is 21.6 Å². The van der Waals surface area contributed by atoms with Crippen LogP contribution >= 0.6 is 0 Å². The molecule has 2 bridgehead atoms. The smallest absolute Gasteiger partial charge is 0.259 e. The summed E-state index contributed by atoms with van der Waals surface area (Å²) >= 11 is 0. The second-order valence-electron chi connectivity index (χ2n) is 5.74. The Kier molecular flexibility index (Phi) is 3.52. The van der Waals surface area contributed by atoms with Crippen molar-refractivity contribution in [3.05, 3.63) is 35.4 Å². The molecule has 3 nitrogen and oxygen atoms in total. The zero-order valence-electron chi connectivity index (χ0n) is 11.1. The first-order valence-corrected chi connectivity index (χ1v) is 8.25. The third-order valence-corrected chi connectivity index (χ3v) is 5.48. The lowest BCUT2D eigenvalue weighted by atomic mass is 9.94. The maximum Gasteiger partial charge on any atom is 0.523 e. The van der Waals surface area contributed by atoms with Crippen LogP contribution in [-0.4, -0.2) is 20.0 Å². The van der Waals surface area contributed by atoms with Gasteiger partial charge in [-0.15, -0.1) is 0 Å². The highest BCUT2D eigenvalue weighted by Gasteiger charge is 2.52. The van der Waals surface area contributed by atoms with Gasteiger partial charge in [0.05, 0.1) is 6.10 Å². The summed E-state index contributed by atoms with van der Waals surface area (Å²) in [5, 5.41) is 0. The number of hydrogen-bond acceptors (Lipinski definition) is 3. The third-order valence-electron chi connectivity index (χ3n) is 4.44. The Morgan fingerprint density at radius 3 is 1.90 bits per heavy atom. The van der Waals surface area contributed by atoms with Crippen molar-refractivity contribution in [1.82, 2.24) is 0 Å². The SMILES string of the molecule is O=S(=O)(OC1C2CCC1Cc1ccccc1C2)C(F)(F)F. The van der Waals surface area contributed by atoms with E-state index in [1.807, 2.05) is 24.3 Å². The first-order chi connectivity index (χ1) is 9.78. The van der Waals surface area contributed by atoms with Crippen LogP contribution in [-0.2, 0) is 27.1 Å². The van der Waals surface area contributed by atoms with Crippen molar-refractivity contribution in [3.8, 4) is 0 Å². The van der Waals surface area contributed by atoms with E-state index >= 15 is 0 Å². The normalized spacial score (nSPS) is 29.0. The summed E-state index contributed by atoms with van der Waals surface area (Å²) in [6.07, 6.45) is 1.69. The van der Waals surface area contributed by atoms with Crippen LogP contribution in [0.4, 0.5) is 13.2 Å². The van der Waals surface area contributed by atoms with Crippen molar-refractivity contribution in [3.63, 3.8) is 0 Å². The molecule has 2 aliphatic carbocycles. The van der Waals surface area contributed by atoms with Crippen molar-refractivity contribution in [2.24, 2.45) is 11.8 Å². The van der Waals surface area contributed by atoms with Gasteiger partial charge < -0.3 is 0 Å². The van der Waals surface area contributed by atoms with Gasteiger partial charge in [0.2, 0.25) is 0 Å². The first-order valence-electron chi connectivity index (χ1n) is 6.84. The van der Waals surface area contributed by atoms with E-state index in [0.29, 0.717) is 25.7 Å². The van der Waals surface area contributed by atoms with E-state index in [1.165, 1.54) is 0 Å². The van der Waals surface area contributed by atoms with Crippen LogP contribution in [0.3, 0.4) is 0 Å². The molecule has 1 saturated carbocycles. The molecule has 2 atom stereocenters. The molecule has 0 amide bonds. The molecule has 0 aromatic heterocycles. The maximum absolute atomic E-state index is 12.5. The van der Waals surface area contributed by atoms with Crippen LogP contribution in [0.25, 0.3) is 0 Å². The summed E-state index contributed by atoms with van der Waals surface area (Å²) < 4.78 is 64.7. The number of benzene rings is 1. The second-order valence-corrected chi connectivity index (χ2v) is 7.30. The van der Waals surface area contributed by atoms with Crippen LogP contribution in [0, 0.1) is 11.8 Å². The fourth-order valence-corrected chi connectivity index (χ4v) is 4.17. The topological polar surface area (TPSA) is 43.4 Å². The van der Waals surface area contributed by atoms with Crippen molar-refractivity contribution < 1.29 is 25.8 Å². The molecule has 2 unspecified atom stereocenters. The monoisotopic (exact) mass is 320 g/mol. The third kappa shape index (κ3) is 2.68.